The molecule has 0 unspecified atom stereocenters. The fraction of sp³-hybridized carbons (Fsp3) is 0.0811. The monoisotopic (exact) mass is 485 g/mol. The minimum absolute atomic E-state index is 0.0301. The van der Waals surface area contributed by atoms with Crippen LogP contribution in [0.1, 0.15) is 25.0 Å². The van der Waals surface area contributed by atoms with Crippen molar-refractivity contribution in [3.8, 4) is 33.4 Å². The van der Waals surface area contributed by atoms with Gasteiger partial charge in [0.2, 0.25) is 0 Å². The maximum atomic E-state index is 3.75. The Bertz CT molecular complexity index is 2050. The summed E-state index contributed by atoms with van der Waals surface area (Å²) in [6.45, 7) is 4.67. The fourth-order valence-electron chi connectivity index (χ4n) is 6.62. The largest absolute Gasteiger partial charge is 0.354 e. The fourth-order valence-corrected chi connectivity index (χ4v) is 6.62. The van der Waals surface area contributed by atoms with E-state index in [1.54, 1.807) is 0 Å². The van der Waals surface area contributed by atoms with Gasteiger partial charge in [-0.05, 0) is 74.0 Å². The molecule has 0 aliphatic heterocycles. The summed E-state index contributed by atoms with van der Waals surface area (Å²) in [5, 5.41) is 5.08. The molecule has 0 saturated heterocycles. The van der Waals surface area contributed by atoms with Crippen molar-refractivity contribution in [2.24, 2.45) is 0 Å². The molecule has 1 aliphatic rings. The molecule has 1 nitrogen and oxygen atoms in total. The molecular formula is C37H27N. The summed E-state index contributed by atoms with van der Waals surface area (Å²) in [5.41, 5.74) is 12.9. The van der Waals surface area contributed by atoms with E-state index in [0.29, 0.717) is 0 Å². The second kappa shape index (κ2) is 7.69. The van der Waals surface area contributed by atoms with Crippen LogP contribution in [0.25, 0.3) is 66.0 Å². The Morgan fingerprint density at radius 1 is 0.474 bits per heavy atom. The van der Waals surface area contributed by atoms with Gasteiger partial charge in [-0.2, -0.15) is 0 Å². The van der Waals surface area contributed by atoms with Gasteiger partial charge in [0.15, 0.2) is 0 Å². The second-order valence-electron chi connectivity index (χ2n) is 11.1. The molecule has 1 aliphatic carbocycles. The van der Waals surface area contributed by atoms with Crippen LogP contribution in [-0.4, -0.2) is 4.98 Å². The van der Waals surface area contributed by atoms with Crippen molar-refractivity contribution in [3.63, 3.8) is 0 Å². The summed E-state index contributed by atoms with van der Waals surface area (Å²) in [4.78, 5) is 3.75. The normalized spacial score (nSPS) is 13.7. The molecule has 0 bridgehead atoms. The van der Waals surface area contributed by atoms with Crippen LogP contribution in [0, 0.1) is 0 Å². The first kappa shape index (κ1) is 21.5. The number of aromatic amines is 1. The Morgan fingerprint density at radius 2 is 1.16 bits per heavy atom. The molecule has 1 heteroatoms. The molecule has 1 heterocycles. The molecule has 0 fully saturated rings. The first-order chi connectivity index (χ1) is 18.6. The van der Waals surface area contributed by atoms with E-state index in [0.717, 1.165) is 0 Å². The van der Waals surface area contributed by atoms with Crippen LogP contribution in [0.5, 0.6) is 0 Å². The van der Waals surface area contributed by atoms with E-state index in [2.05, 4.69) is 140 Å². The Labute approximate surface area is 222 Å². The van der Waals surface area contributed by atoms with Crippen LogP contribution in [0.15, 0.2) is 121 Å². The smallest absolute Gasteiger partial charge is 0.0544 e. The zero-order chi connectivity index (χ0) is 25.4. The first-order valence-electron chi connectivity index (χ1n) is 13.4. The molecule has 0 radical (unpaired) electrons. The molecule has 38 heavy (non-hydrogen) atoms. The predicted octanol–water partition coefficient (Wildman–Crippen LogP) is 10.1. The lowest BCUT2D eigenvalue weighted by atomic mass is 9.82. The van der Waals surface area contributed by atoms with Gasteiger partial charge in [-0.3, -0.25) is 0 Å². The van der Waals surface area contributed by atoms with Crippen LogP contribution in [-0.2, 0) is 5.41 Å². The molecule has 8 rings (SSSR count). The van der Waals surface area contributed by atoms with E-state index in [1.807, 2.05) is 0 Å². The number of H-pyrrole nitrogens is 1. The van der Waals surface area contributed by atoms with E-state index in [1.165, 1.54) is 77.1 Å². The predicted molar refractivity (Wildman–Crippen MR) is 162 cm³/mol. The number of hydrogen-bond acceptors (Lipinski definition) is 0. The summed E-state index contributed by atoms with van der Waals surface area (Å²) in [6, 6.07) is 44.7. The molecule has 0 atom stereocenters. The molecule has 1 N–H and O–H groups in total. The lowest BCUT2D eigenvalue weighted by molar-refractivity contribution is 0.660. The highest BCUT2D eigenvalue weighted by Gasteiger charge is 2.35. The van der Waals surface area contributed by atoms with E-state index in [4.69, 9.17) is 0 Å². The summed E-state index contributed by atoms with van der Waals surface area (Å²) in [5.74, 6) is 0. The zero-order valence-corrected chi connectivity index (χ0v) is 21.5. The van der Waals surface area contributed by atoms with Gasteiger partial charge in [-0.1, -0.05) is 111 Å². The van der Waals surface area contributed by atoms with Crippen molar-refractivity contribution < 1.29 is 0 Å². The topological polar surface area (TPSA) is 15.8 Å². The highest BCUT2D eigenvalue weighted by atomic mass is 14.7. The lowest BCUT2D eigenvalue weighted by Crippen LogP contribution is -2.14. The minimum Gasteiger partial charge on any atom is -0.354 e. The van der Waals surface area contributed by atoms with E-state index < -0.39 is 0 Å². The third kappa shape index (κ3) is 2.99. The van der Waals surface area contributed by atoms with Gasteiger partial charge < -0.3 is 4.98 Å². The number of aromatic nitrogens is 1. The Morgan fingerprint density at radius 3 is 2.05 bits per heavy atom. The number of benzene rings is 6. The van der Waals surface area contributed by atoms with Gasteiger partial charge in [0.1, 0.15) is 0 Å². The summed E-state index contributed by atoms with van der Waals surface area (Å²) < 4.78 is 0. The van der Waals surface area contributed by atoms with Crippen molar-refractivity contribution in [3.05, 3.63) is 132 Å². The lowest BCUT2D eigenvalue weighted by Gasteiger charge is -2.21. The van der Waals surface area contributed by atoms with Crippen LogP contribution >= 0.6 is 0 Å². The first-order valence-corrected chi connectivity index (χ1v) is 13.4. The number of rotatable bonds is 2. The molecule has 0 saturated carbocycles. The van der Waals surface area contributed by atoms with E-state index in [-0.39, 0.29) is 5.41 Å². The van der Waals surface area contributed by atoms with Gasteiger partial charge in [0.25, 0.3) is 0 Å². The van der Waals surface area contributed by atoms with Crippen LogP contribution in [0.3, 0.4) is 0 Å². The molecule has 0 spiro atoms. The minimum atomic E-state index is 0.0301. The third-order valence-corrected chi connectivity index (χ3v) is 8.59. The average Bonchev–Trinajstić information content (AvgIpc) is 3.43. The van der Waals surface area contributed by atoms with E-state index in [9.17, 15) is 0 Å². The van der Waals surface area contributed by atoms with Crippen molar-refractivity contribution in [2.75, 3.05) is 0 Å². The molecular weight excluding hydrogens is 458 g/mol. The molecule has 1 aromatic heterocycles. The maximum Gasteiger partial charge on any atom is 0.0544 e. The quantitative estimate of drug-likeness (QED) is 0.251. The van der Waals surface area contributed by atoms with Crippen LogP contribution in [0.4, 0.5) is 0 Å². The number of fused-ring (bicyclic) bond motifs is 7. The van der Waals surface area contributed by atoms with Crippen molar-refractivity contribution in [2.45, 2.75) is 19.3 Å². The highest BCUT2D eigenvalue weighted by Crippen LogP contribution is 2.49. The van der Waals surface area contributed by atoms with Crippen LogP contribution in [0.2, 0.25) is 0 Å². The molecule has 0 amide bonds. The van der Waals surface area contributed by atoms with Gasteiger partial charge >= 0.3 is 0 Å². The third-order valence-electron chi connectivity index (χ3n) is 8.59. The van der Waals surface area contributed by atoms with E-state index >= 15 is 0 Å². The van der Waals surface area contributed by atoms with Gasteiger partial charge in [0, 0.05) is 27.3 Å². The average molecular weight is 486 g/mol. The Balaban J connectivity index is 1.28. The van der Waals surface area contributed by atoms with Crippen molar-refractivity contribution in [1.29, 1.82) is 0 Å². The summed E-state index contributed by atoms with van der Waals surface area (Å²) >= 11 is 0. The van der Waals surface area contributed by atoms with Gasteiger partial charge in [0.05, 0.1) is 5.52 Å². The molecule has 180 valence electrons. The van der Waals surface area contributed by atoms with Gasteiger partial charge in [-0.15, -0.1) is 0 Å². The SMILES string of the molecule is CC1(C)c2ccccc2-c2cc(-c3cccc(-c4cccc5c4[nH]c4cc6ccccc6cc45)c3)ccc21. The van der Waals surface area contributed by atoms with Crippen LogP contribution < -0.4 is 0 Å². The molecule has 6 aromatic carbocycles. The zero-order valence-electron chi connectivity index (χ0n) is 21.5. The number of para-hydroxylation sites is 1. The molecule has 7 aromatic rings. The Hall–Kier alpha value is -4.62. The van der Waals surface area contributed by atoms with Gasteiger partial charge in [-0.25, -0.2) is 0 Å². The number of nitrogens with one attached hydrogen (secondary N) is 1. The standard InChI is InChI=1S/C37H27N/c1-37(2)33-16-6-5-13-29(33)31-20-26(17-18-34(31)37)23-11-7-12-27(19-23)28-14-8-15-30-32-21-24-9-3-4-10-25(24)22-35(32)38-36(28)30/h3-22,38H,1-2H3. The number of hydrogen-bond donors (Lipinski definition) is 1. The second-order valence-corrected chi connectivity index (χ2v) is 11.1. The summed E-state index contributed by atoms with van der Waals surface area (Å²) in [7, 11) is 0. The van der Waals surface area contributed by atoms with Crippen molar-refractivity contribution >= 4 is 32.6 Å². The Kier molecular flexibility index (Phi) is 4.35. The maximum absolute atomic E-state index is 3.75. The highest BCUT2D eigenvalue weighted by molar-refractivity contribution is 6.15. The van der Waals surface area contributed by atoms with Crippen molar-refractivity contribution in [1.82, 2.24) is 4.98 Å². The summed E-state index contributed by atoms with van der Waals surface area (Å²) in [6.07, 6.45) is 0.